The van der Waals surface area contributed by atoms with Crippen LogP contribution < -0.4 is 0 Å². The van der Waals surface area contributed by atoms with E-state index in [9.17, 15) is 10.4 Å². The van der Waals surface area contributed by atoms with Crippen LogP contribution in [-0.4, -0.2) is 31.9 Å². The number of benzene rings is 1. The smallest absolute Gasteiger partial charge is 0.324 e. The van der Waals surface area contributed by atoms with E-state index in [0.29, 0.717) is 5.84 Å². The van der Waals surface area contributed by atoms with Crippen LogP contribution in [0.3, 0.4) is 0 Å². The van der Waals surface area contributed by atoms with Crippen LogP contribution >= 0.6 is 11.3 Å². The first-order valence-electron chi connectivity index (χ1n) is 7.24. The number of thiophene rings is 1. The Labute approximate surface area is 134 Å². The maximum Gasteiger partial charge on any atom is 0.324 e. The average Bonchev–Trinajstić information content (AvgIpc) is 3.00. The first-order valence-corrected chi connectivity index (χ1v) is 8.12. The molecule has 1 aromatic heterocycles. The summed E-state index contributed by atoms with van der Waals surface area (Å²) >= 11 is 1.47. The number of nitrogens with zero attached hydrogens (tertiary/aromatic N) is 2. The zero-order chi connectivity index (χ0) is 16.1. The van der Waals surface area contributed by atoms with Gasteiger partial charge in [0.15, 0.2) is 5.54 Å². The molecule has 116 valence electrons. The summed E-state index contributed by atoms with van der Waals surface area (Å²) in [4.78, 5) is 0.773. The van der Waals surface area contributed by atoms with Gasteiger partial charge in [-0.3, -0.25) is 4.74 Å². The Kier molecular flexibility index (Phi) is 3.30. The van der Waals surface area contributed by atoms with E-state index >= 15 is 0 Å². The Bertz CT molecular complexity index is 732. The third-order valence-electron chi connectivity index (χ3n) is 4.85. The Balaban J connectivity index is 2.06. The van der Waals surface area contributed by atoms with Gasteiger partial charge >= 0.3 is 5.84 Å². The summed E-state index contributed by atoms with van der Waals surface area (Å²) in [6.07, 6.45) is 0. The quantitative estimate of drug-likeness (QED) is 0.674. The van der Waals surface area contributed by atoms with E-state index in [1.807, 2.05) is 69.5 Å². The van der Waals surface area contributed by atoms with Gasteiger partial charge in [0.05, 0.1) is 0 Å². The lowest BCUT2D eigenvalue weighted by Crippen LogP contribution is -2.53. The largest absolute Gasteiger partial charge is 0.714 e. The number of hydroxylamine groups is 3. The molecule has 1 N–H and O–H groups in total. The molecule has 22 heavy (non-hydrogen) atoms. The highest BCUT2D eigenvalue weighted by Crippen LogP contribution is 2.38. The van der Waals surface area contributed by atoms with Gasteiger partial charge in [-0.15, -0.1) is 16.4 Å². The maximum absolute atomic E-state index is 12.7. The number of hydrogen-bond acceptors (Lipinski definition) is 4. The lowest BCUT2D eigenvalue weighted by molar-refractivity contribution is -0.539. The Morgan fingerprint density at radius 1 is 1.09 bits per heavy atom. The van der Waals surface area contributed by atoms with Crippen molar-refractivity contribution in [1.82, 2.24) is 5.06 Å². The van der Waals surface area contributed by atoms with E-state index in [2.05, 4.69) is 0 Å². The Morgan fingerprint density at radius 2 is 1.73 bits per heavy atom. The predicted molar refractivity (Wildman–Crippen MR) is 89.3 cm³/mol. The van der Waals surface area contributed by atoms with Gasteiger partial charge in [-0.05, 0) is 50.3 Å². The van der Waals surface area contributed by atoms with Crippen molar-refractivity contribution in [3.05, 3.63) is 51.9 Å². The monoisotopic (exact) mass is 316 g/mol. The summed E-state index contributed by atoms with van der Waals surface area (Å²) in [5.74, 6) is 0.321. The summed E-state index contributed by atoms with van der Waals surface area (Å²) in [6.45, 7) is 7.44. The van der Waals surface area contributed by atoms with Crippen LogP contribution in [0.2, 0.25) is 0 Å². The minimum atomic E-state index is -0.714. The van der Waals surface area contributed by atoms with Crippen LogP contribution in [0.15, 0.2) is 41.8 Å². The molecular formula is C17H20N2O2S. The third-order valence-corrected chi connectivity index (χ3v) is 5.78. The minimum Gasteiger partial charge on any atom is -0.714 e. The molecular weight excluding hydrogens is 296 g/mol. The molecule has 5 heteroatoms. The van der Waals surface area contributed by atoms with Crippen molar-refractivity contribution >= 4 is 17.2 Å². The standard InChI is InChI=1S/C17H20N2O2S/c1-16(2)17(3,4)19(21)15(18(16)20)14-10-13(11-22-14)12-8-6-5-7-9-12/h5-11,20H,1-4H3. The summed E-state index contributed by atoms with van der Waals surface area (Å²) in [6, 6.07) is 12.0. The second kappa shape index (κ2) is 4.83. The molecule has 0 bridgehead atoms. The van der Waals surface area contributed by atoms with Gasteiger partial charge in [0.1, 0.15) is 10.4 Å². The van der Waals surface area contributed by atoms with Gasteiger partial charge in [0.25, 0.3) is 0 Å². The molecule has 2 heterocycles. The zero-order valence-corrected chi connectivity index (χ0v) is 14.0. The van der Waals surface area contributed by atoms with Gasteiger partial charge in [-0.1, -0.05) is 30.3 Å². The van der Waals surface area contributed by atoms with Crippen LogP contribution in [0.5, 0.6) is 0 Å². The minimum absolute atomic E-state index is 0.321. The summed E-state index contributed by atoms with van der Waals surface area (Å²) in [5, 5.41) is 26.3. The van der Waals surface area contributed by atoms with E-state index in [1.165, 1.54) is 11.3 Å². The molecule has 2 aromatic rings. The summed E-state index contributed by atoms with van der Waals surface area (Å²) in [5.41, 5.74) is 0.774. The molecule has 1 aromatic carbocycles. The van der Waals surface area contributed by atoms with E-state index in [-0.39, 0.29) is 0 Å². The second-order valence-corrected chi connectivity index (χ2v) is 7.52. The fourth-order valence-corrected chi connectivity index (χ4v) is 3.49. The normalized spacial score (nSPS) is 19.8. The molecule has 0 saturated heterocycles. The van der Waals surface area contributed by atoms with Gasteiger partial charge in [-0.2, -0.15) is 0 Å². The fourth-order valence-electron chi connectivity index (χ4n) is 2.56. The van der Waals surface area contributed by atoms with Crippen molar-refractivity contribution in [2.24, 2.45) is 0 Å². The fraction of sp³-hybridized carbons (Fsp3) is 0.353. The molecule has 1 aliphatic rings. The molecule has 0 unspecified atom stereocenters. The first kappa shape index (κ1) is 15.1. The third kappa shape index (κ3) is 1.96. The average molecular weight is 316 g/mol. The zero-order valence-electron chi connectivity index (χ0n) is 13.2. The van der Waals surface area contributed by atoms with Crippen molar-refractivity contribution in [1.29, 1.82) is 0 Å². The molecule has 0 aliphatic carbocycles. The van der Waals surface area contributed by atoms with E-state index in [1.54, 1.807) is 0 Å². The molecule has 0 atom stereocenters. The van der Waals surface area contributed by atoms with Crippen molar-refractivity contribution in [2.75, 3.05) is 0 Å². The lowest BCUT2D eigenvalue weighted by atomic mass is 9.84. The molecule has 0 amide bonds. The first-order chi connectivity index (χ1) is 10.3. The van der Waals surface area contributed by atoms with E-state index in [0.717, 1.165) is 25.8 Å². The molecule has 4 nitrogen and oxygen atoms in total. The second-order valence-electron chi connectivity index (χ2n) is 6.61. The van der Waals surface area contributed by atoms with Crippen molar-refractivity contribution in [3.8, 4) is 11.1 Å². The maximum atomic E-state index is 12.7. The topological polar surface area (TPSA) is 49.5 Å². The molecule has 0 spiro atoms. The van der Waals surface area contributed by atoms with Crippen LogP contribution in [-0.2, 0) is 0 Å². The van der Waals surface area contributed by atoms with Crippen LogP contribution in [0.1, 0.15) is 32.6 Å². The van der Waals surface area contributed by atoms with Crippen molar-refractivity contribution < 1.29 is 9.95 Å². The lowest BCUT2D eigenvalue weighted by Gasteiger charge is -2.33. The van der Waals surface area contributed by atoms with Crippen LogP contribution in [0.4, 0.5) is 0 Å². The highest BCUT2D eigenvalue weighted by molar-refractivity contribution is 7.12. The highest BCUT2D eigenvalue weighted by atomic mass is 32.1. The van der Waals surface area contributed by atoms with Crippen LogP contribution in [0, 0.1) is 5.21 Å². The van der Waals surface area contributed by atoms with Gasteiger partial charge < -0.3 is 5.21 Å². The van der Waals surface area contributed by atoms with Crippen molar-refractivity contribution in [3.63, 3.8) is 0 Å². The number of amidine groups is 1. The molecule has 3 rings (SSSR count). The molecule has 0 saturated carbocycles. The molecule has 1 aliphatic heterocycles. The van der Waals surface area contributed by atoms with Crippen molar-refractivity contribution in [2.45, 2.75) is 38.8 Å². The predicted octanol–water partition coefficient (Wildman–Crippen LogP) is 3.93. The van der Waals surface area contributed by atoms with Gasteiger partial charge in [0.2, 0.25) is 0 Å². The number of rotatable bonds is 2. The highest BCUT2D eigenvalue weighted by Gasteiger charge is 2.59. The molecule has 0 fully saturated rings. The SMILES string of the molecule is CC1(C)N(O)C(c2cc(-c3ccccc3)cs2)=[N+]([O-])C1(C)C. The number of hydrogen-bond donors (Lipinski definition) is 1. The van der Waals surface area contributed by atoms with Gasteiger partial charge in [-0.25, -0.2) is 5.21 Å². The van der Waals surface area contributed by atoms with E-state index < -0.39 is 11.1 Å². The van der Waals surface area contributed by atoms with E-state index in [4.69, 9.17) is 0 Å². The Hall–Kier alpha value is -1.85. The van der Waals surface area contributed by atoms with Crippen LogP contribution in [0.25, 0.3) is 11.1 Å². The molecule has 0 radical (unpaired) electrons. The summed E-state index contributed by atoms with van der Waals surface area (Å²) < 4.78 is 0.924. The summed E-state index contributed by atoms with van der Waals surface area (Å²) in [7, 11) is 0. The Morgan fingerprint density at radius 3 is 2.27 bits per heavy atom. The van der Waals surface area contributed by atoms with Gasteiger partial charge in [0, 0.05) is 0 Å².